The van der Waals surface area contributed by atoms with E-state index in [0.717, 1.165) is 50.4 Å². The molecule has 1 aromatic rings. The molecule has 3 saturated heterocycles. The summed E-state index contributed by atoms with van der Waals surface area (Å²) in [4.78, 5) is 17.1. The lowest BCUT2D eigenvalue weighted by Gasteiger charge is -2.42. The van der Waals surface area contributed by atoms with Crippen molar-refractivity contribution in [2.75, 3.05) is 57.9 Å². The molecule has 1 aromatic heterocycles. The van der Waals surface area contributed by atoms with Gasteiger partial charge in [-0.15, -0.1) is 0 Å². The fourth-order valence-electron chi connectivity index (χ4n) is 6.29. The van der Waals surface area contributed by atoms with Gasteiger partial charge in [-0.1, -0.05) is 19.0 Å². The SMILES string of the molecule is COC(=O)C(c1cc(N2CC(CC3CCN(CC4(COC5CCCCO5)CC4)CC3)C2)no1)C(C)C. The van der Waals surface area contributed by atoms with Crippen LogP contribution in [-0.4, -0.2) is 75.4 Å². The first kappa shape index (κ1) is 26.0. The highest BCUT2D eigenvalue weighted by atomic mass is 16.7. The molecule has 0 N–H and O–H groups in total. The molecule has 202 valence electrons. The maximum absolute atomic E-state index is 12.2. The van der Waals surface area contributed by atoms with Crippen molar-refractivity contribution >= 4 is 11.8 Å². The average Bonchev–Trinajstić information content (AvgIpc) is 3.47. The Labute approximate surface area is 216 Å². The predicted octanol–water partition coefficient (Wildman–Crippen LogP) is 4.45. The van der Waals surface area contributed by atoms with E-state index in [1.54, 1.807) is 0 Å². The Kier molecular flexibility index (Phi) is 8.23. The molecule has 0 aromatic carbocycles. The second-order valence-corrected chi connectivity index (χ2v) is 12.2. The lowest BCUT2D eigenvalue weighted by atomic mass is 9.83. The molecule has 5 rings (SSSR count). The minimum Gasteiger partial charge on any atom is -0.468 e. The number of likely N-dealkylation sites (tertiary alicyclic amines) is 1. The van der Waals surface area contributed by atoms with Gasteiger partial charge in [0.15, 0.2) is 17.9 Å². The molecule has 1 aliphatic carbocycles. The van der Waals surface area contributed by atoms with Crippen LogP contribution in [0, 0.1) is 23.2 Å². The molecule has 0 amide bonds. The predicted molar refractivity (Wildman–Crippen MR) is 137 cm³/mol. The monoisotopic (exact) mass is 503 g/mol. The van der Waals surface area contributed by atoms with Gasteiger partial charge < -0.3 is 28.5 Å². The smallest absolute Gasteiger partial charge is 0.316 e. The summed E-state index contributed by atoms with van der Waals surface area (Å²) < 4.78 is 22.4. The van der Waals surface area contributed by atoms with Crippen LogP contribution in [0.3, 0.4) is 0 Å². The molecule has 2 atom stereocenters. The van der Waals surface area contributed by atoms with Gasteiger partial charge in [0.1, 0.15) is 5.92 Å². The van der Waals surface area contributed by atoms with E-state index >= 15 is 0 Å². The number of anilines is 1. The molecule has 3 aliphatic heterocycles. The zero-order chi connectivity index (χ0) is 25.1. The number of rotatable bonds is 11. The molecule has 4 heterocycles. The second kappa shape index (κ2) is 11.4. The second-order valence-electron chi connectivity index (χ2n) is 12.2. The van der Waals surface area contributed by atoms with Gasteiger partial charge in [0.2, 0.25) is 0 Å². The fourth-order valence-corrected chi connectivity index (χ4v) is 6.29. The Balaban J connectivity index is 1.00. The first-order valence-electron chi connectivity index (χ1n) is 14.2. The quantitative estimate of drug-likeness (QED) is 0.410. The molecule has 4 fully saturated rings. The first-order valence-corrected chi connectivity index (χ1v) is 14.2. The number of hydrogen-bond acceptors (Lipinski definition) is 8. The third-order valence-electron chi connectivity index (χ3n) is 8.83. The largest absolute Gasteiger partial charge is 0.468 e. The van der Waals surface area contributed by atoms with Crippen LogP contribution in [0.15, 0.2) is 10.6 Å². The Bertz CT molecular complexity index is 849. The molecule has 0 radical (unpaired) electrons. The minimum absolute atomic E-state index is 0.0392. The van der Waals surface area contributed by atoms with Crippen LogP contribution >= 0.6 is 0 Å². The number of nitrogens with zero attached hydrogens (tertiary/aromatic N) is 3. The Hall–Kier alpha value is -1.64. The normalized spacial score (nSPS) is 26.1. The van der Waals surface area contributed by atoms with E-state index in [4.69, 9.17) is 18.7 Å². The number of methoxy groups -OCH3 is 1. The van der Waals surface area contributed by atoms with Crippen molar-refractivity contribution in [3.05, 3.63) is 11.8 Å². The summed E-state index contributed by atoms with van der Waals surface area (Å²) >= 11 is 0. The van der Waals surface area contributed by atoms with Crippen LogP contribution in [0.25, 0.3) is 0 Å². The van der Waals surface area contributed by atoms with Crippen molar-refractivity contribution in [1.82, 2.24) is 10.1 Å². The van der Waals surface area contributed by atoms with Crippen molar-refractivity contribution in [2.45, 2.75) is 77.4 Å². The third kappa shape index (κ3) is 6.25. The summed E-state index contributed by atoms with van der Waals surface area (Å²) in [5.74, 6) is 2.43. The zero-order valence-electron chi connectivity index (χ0n) is 22.5. The van der Waals surface area contributed by atoms with E-state index in [1.807, 2.05) is 19.9 Å². The molecule has 0 bridgehead atoms. The highest BCUT2D eigenvalue weighted by Gasteiger charge is 2.45. The summed E-state index contributed by atoms with van der Waals surface area (Å²) in [7, 11) is 1.42. The van der Waals surface area contributed by atoms with E-state index in [0.29, 0.717) is 11.2 Å². The third-order valence-corrected chi connectivity index (χ3v) is 8.83. The van der Waals surface area contributed by atoms with Crippen molar-refractivity contribution in [3.63, 3.8) is 0 Å². The Morgan fingerprint density at radius 1 is 1.17 bits per heavy atom. The molecule has 4 aliphatic rings. The van der Waals surface area contributed by atoms with Gasteiger partial charge in [-0.05, 0) is 82.2 Å². The van der Waals surface area contributed by atoms with E-state index in [-0.39, 0.29) is 18.2 Å². The van der Waals surface area contributed by atoms with Crippen LogP contribution in [0.5, 0.6) is 0 Å². The zero-order valence-corrected chi connectivity index (χ0v) is 22.5. The maximum atomic E-state index is 12.2. The molecule has 8 heteroatoms. The Morgan fingerprint density at radius 3 is 2.58 bits per heavy atom. The number of carbonyl (C=O) groups excluding carboxylic acids is 1. The molecule has 36 heavy (non-hydrogen) atoms. The standard InChI is InChI=1S/C28H45N3O5/c1-20(2)26(27(32)33-3)23-15-24(29-36-23)31-16-22(17-31)14-21-7-11-30(12-8-21)18-28(9-10-28)19-35-25-6-4-5-13-34-25/h15,20-22,25-26H,4-14,16-19H2,1-3H3. The molecule has 1 saturated carbocycles. The average molecular weight is 504 g/mol. The Morgan fingerprint density at radius 2 is 1.94 bits per heavy atom. The number of aromatic nitrogens is 1. The number of esters is 1. The van der Waals surface area contributed by atoms with Gasteiger partial charge in [0.05, 0.1) is 13.7 Å². The summed E-state index contributed by atoms with van der Waals surface area (Å²) in [6.45, 7) is 11.4. The van der Waals surface area contributed by atoms with E-state index in [9.17, 15) is 4.79 Å². The molecular weight excluding hydrogens is 458 g/mol. The molecule has 8 nitrogen and oxygen atoms in total. The number of piperidine rings is 1. The maximum Gasteiger partial charge on any atom is 0.316 e. The van der Waals surface area contributed by atoms with Crippen molar-refractivity contribution < 1.29 is 23.5 Å². The fraction of sp³-hybridized carbons (Fsp3) is 0.857. The summed E-state index contributed by atoms with van der Waals surface area (Å²) in [5, 5.41) is 4.25. The lowest BCUT2D eigenvalue weighted by molar-refractivity contribution is -0.172. The number of hydrogen-bond donors (Lipinski definition) is 0. The van der Waals surface area contributed by atoms with Gasteiger partial charge >= 0.3 is 5.97 Å². The van der Waals surface area contributed by atoms with Gasteiger partial charge in [0, 0.05) is 37.7 Å². The molecular formula is C28H45N3O5. The van der Waals surface area contributed by atoms with Gasteiger partial charge in [-0.25, -0.2) is 0 Å². The van der Waals surface area contributed by atoms with Crippen LogP contribution < -0.4 is 4.90 Å². The summed E-state index contributed by atoms with van der Waals surface area (Å²) in [6.07, 6.45) is 10.0. The van der Waals surface area contributed by atoms with E-state index in [2.05, 4.69) is 15.0 Å². The van der Waals surface area contributed by atoms with Gasteiger partial charge in [-0.3, -0.25) is 4.79 Å². The summed E-state index contributed by atoms with van der Waals surface area (Å²) in [6, 6.07) is 1.92. The number of ether oxygens (including phenoxy) is 3. The van der Waals surface area contributed by atoms with Crippen molar-refractivity contribution in [2.24, 2.45) is 23.2 Å². The molecule has 0 spiro atoms. The van der Waals surface area contributed by atoms with Gasteiger partial charge in [0.25, 0.3) is 0 Å². The van der Waals surface area contributed by atoms with Gasteiger partial charge in [-0.2, -0.15) is 0 Å². The van der Waals surface area contributed by atoms with Crippen LogP contribution in [0.1, 0.15) is 76.9 Å². The van der Waals surface area contributed by atoms with Crippen LogP contribution in [-0.2, 0) is 19.0 Å². The van der Waals surface area contributed by atoms with Crippen molar-refractivity contribution in [1.29, 1.82) is 0 Å². The summed E-state index contributed by atoms with van der Waals surface area (Å²) in [5.41, 5.74) is 0.390. The highest BCUT2D eigenvalue weighted by molar-refractivity contribution is 5.77. The van der Waals surface area contributed by atoms with Crippen LogP contribution in [0.2, 0.25) is 0 Å². The topological polar surface area (TPSA) is 77.3 Å². The van der Waals surface area contributed by atoms with E-state index in [1.165, 1.54) is 71.7 Å². The lowest BCUT2D eigenvalue weighted by Crippen LogP contribution is -2.48. The number of carbonyl (C=O) groups is 1. The first-order chi connectivity index (χ1) is 17.4. The van der Waals surface area contributed by atoms with Crippen molar-refractivity contribution in [3.8, 4) is 0 Å². The van der Waals surface area contributed by atoms with E-state index < -0.39 is 5.92 Å². The van der Waals surface area contributed by atoms with Crippen LogP contribution in [0.4, 0.5) is 5.82 Å². The highest BCUT2D eigenvalue weighted by Crippen LogP contribution is 2.47. The molecule has 2 unspecified atom stereocenters. The minimum atomic E-state index is -0.402.